The van der Waals surface area contributed by atoms with Gasteiger partial charge in [-0.25, -0.2) is 0 Å². The summed E-state index contributed by atoms with van der Waals surface area (Å²) in [4.78, 5) is 0. The zero-order valence-corrected chi connectivity index (χ0v) is 15.1. The van der Waals surface area contributed by atoms with E-state index in [0.717, 1.165) is 38.3 Å². The van der Waals surface area contributed by atoms with E-state index in [2.05, 4.69) is 41.5 Å². The van der Waals surface area contributed by atoms with E-state index in [0.29, 0.717) is 6.10 Å². The van der Waals surface area contributed by atoms with Crippen LogP contribution in [-0.2, 0) is 4.74 Å². The summed E-state index contributed by atoms with van der Waals surface area (Å²) in [6, 6.07) is 0. The predicted octanol–water partition coefficient (Wildman–Crippen LogP) is 3.98. The van der Waals surface area contributed by atoms with Crippen molar-refractivity contribution >= 4 is 0 Å². The van der Waals surface area contributed by atoms with Crippen molar-refractivity contribution < 1.29 is 9.84 Å². The minimum atomic E-state index is -0.516. The summed E-state index contributed by atoms with van der Waals surface area (Å²) in [5.74, 6) is 0.736. The van der Waals surface area contributed by atoms with Crippen LogP contribution in [0, 0.1) is 11.3 Å². The molecule has 0 amide bonds. The molecule has 0 aromatic carbocycles. The Hall–Kier alpha value is -0.120. The lowest BCUT2D eigenvalue weighted by Crippen LogP contribution is -2.25. The van der Waals surface area contributed by atoms with Gasteiger partial charge in [0.15, 0.2) is 0 Å². The van der Waals surface area contributed by atoms with Crippen LogP contribution in [0.3, 0.4) is 0 Å². The molecule has 3 heteroatoms. The molecule has 0 rings (SSSR count). The molecule has 0 bridgehead atoms. The molecule has 124 valence electrons. The van der Waals surface area contributed by atoms with E-state index >= 15 is 0 Å². The summed E-state index contributed by atoms with van der Waals surface area (Å²) < 4.78 is 5.51. The number of aliphatic hydroxyl groups is 1. The molecule has 0 saturated heterocycles. The molecule has 3 nitrogen and oxygen atoms in total. The molecule has 0 fully saturated rings. The van der Waals surface area contributed by atoms with E-state index in [4.69, 9.17) is 10.5 Å². The van der Waals surface area contributed by atoms with E-state index in [-0.39, 0.29) is 5.41 Å². The Morgan fingerprint density at radius 2 is 1.50 bits per heavy atom. The van der Waals surface area contributed by atoms with E-state index in [1.165, 1.54) is 0 Å². The minimum absolute atomic E-state index is 0.234. The first kappa shape index (κ1) is 22.2. The Balaban J connectivity index is 0. The number of hydrogen-bond donors (Lipinski definition) is 2. The Morgan fingerprint density at radius 1 is 1.00 bits per heavy atom. The van der Waals surface area contributed by atoms with Gasteiger partial charge in [-0.05, 0) is 57.9 Å². The van der Waals surface area contributed by atoms with Crippen molar-refractivity contribution in [2.45, 2.75) is 86.4 Å². The van der Waals surface area contributed by atoms with Crippen molar-refractivity contribution in [1.82, 2.24) is 0 Å². The van der Waals surface area contributed by atoms with Gasteiger partial charge in [-0.2, -0.15) is 0 Å². The third-order valence-electron chi connectivity index (χ3n) is 2.63. The second-order valence-corrected chi connectivity index (χ2v) is 7.99. The average molecular weight is 290 g/mol. The minimum Gasteiger partial charge on any atom is -0.390 e. The Kier molecular flexibility index (Phi) is 11.7. The van der Waals surface area contributed by atoms with Crippen molar-refractivity contribution in [2.24, 2.45) is 17.1 Å². The highest BCUT2D eigenvalue weighted by atomic mass is 16.5. The van der Waals surface area contributed by atoms with Gasteiger partial charge >= 0.3 is 0 Å². The smallest absolute Gasteiger partial charge is 0.0596 e. The van der Waals surface area contributed by atoms with Gasteiger partial charge in [0.25, 0.3) is 0 Å². The lowest BCUT2D eigenvalue weighted by molar-refractivity contribution is 0.0371. The summed E-state index contributed by atoms with van der Waals surface area (Å²) >= 11 is 0. The fraction of sp³-hybridized carbons (Fsp3) is 1.00. The lowest BCUT2D eigenvalue weighted by Gasteiger charge is -2.27. The SMILES string of the molecule is CC(C)(C)CC(C)(C)O.CC(C)CCOC(C)CCN. The molecule has 3 N–H and O–H groups in total. The Bertz CT molecular complexity index is 202. The second-order valence-electron chi connectivity index (χ2n) is 7.99. The van der Waals surface area contributed by atoms with Crippen molar-refractivity contribution in [3.63, 3.8) is 0 Å². The van der Waals surface area contributed by atoms with Crippen molar-refractivity contribution in [3.05, 3.63) is 0 Å². The molecule has 0 heterocycles. The standard InChI is InChI=1S/C9H21NO.C8H18O/c1-8(2)5-7-11-9(3)4-6-10;1-7(2,3)6-8(4,5)9/h8-9H,4-7,10H2,1-3H3;9H,6H2,1-5H3. The van der Waals surface area contributed by atoms with Gasteiger partial charge < -0.3 is 15.6 Å². The molecule has 1 atom stereocenters. The Labute approximate surface area is 127 Å². The van der Waals surface area contributed by atoms with Crippen molar-refractivity contribution in [2.75, 3.05) is 13.2 Å². The van der Waals surface area contributed by atoms with Crippen LogP contribution in [0.4, 0.5) is 0 Å². The van der Waals surface area contributed by atoms with E-state index in [1.54, 1.807) is 0 Å². The molecule has 0 aromatic heterocycles. The van der Waals surface area contributed by atoms with Gasteiger partial charge in [0.2, 0.25) is 0 Å². The summed E-state index contributed by atoms with van der Waals surface area (Å²) in [5, 5.41) is 9.35. The molecule has 0 spiro atoms. The lowest BCUT2D eigenvalue weighted by atomic mass is 9.84. The van der Waals surface area contributed by atoms with Gasteiger partial charge in [0.1, 0.15) is 0 Å². The molecule has 0 aliphatic rings. The molecule has 0 aliphatic carbocycles. The van der Waals surface area contributed by atoms with Gasteiger partial charge in [-0.3, -0.25) is 0 Å². The first-order chi connectivity index (χ1) is 8.87. The molecule has 20 heavy (non-hydrogen) atoms. The van der Waals surface area contributed by atoms with E-state index in [9.17, 15) is 5.11 Å². The summed E-state index contributed by atoms with van der Waals surface area (Å²) in [6.07, 6.45) is 3.30. The van der Waals surface area contributed by atoms with Gasteiger partial charge in [0.05, 0.1) is 11.7 Å². The maximum absolute atomic E-state index is 9.35. The maximum atomic E-state index is 9.35. The van der Waals surface area contributed by atoms with E-state index in [1.807, 2.05) is 13.8 Å². The van der Waals surface area contributed by atoms with E-state index < -0.39 is 5.60 Å². The molecule has 0 aliphatic heterocycles. The summed E-state index contributed by atoms with van der Waals surface area (Å²) in [5.41, 5.74) is 5.10. The number of ether oxygens (including phenoxy) is 1. The maximum Gasteiger partial charge on any atom is 0.0596 e. The number of rotatable bonds is 7. The fourth-order valence-electron chi connectivity index (χ4n) is 2.12. The second kappa shape index (κ2) is 10.6. The van der Waals surface area contributed by atoms with Gasteiger partial charge in [-0.1, -0.05) is 34.6 Å². The molecule has 0 aromatic rings. The quantitative estimate of drug-likeness (QED) is 0.745. The van der Waals surface area contributed by atoms with Crippen LogP contribution in [-0.4, -0.2) is 30.0 Å². The highest BCUT2D eigenvalue weighted by Crippen LogP contribution is 2.26. The van der Waals surface area contributed by atoms with Crippen molar-refractivity contribution in [3.8, 4) is 0 Å². The van der Waals surface area contributed by atoms with Crippen LogP contribution < -0.4 is 5.73 Å². The zero-order valence-electron chi connectivity index (χ0n) is 15.1. The molecule has 0 radical (unpaired) electrons. The van der Waals surface area contributed by atoms with Crippen LogP contribution in [0.1, 0.15) is 74.7 Å². The normalized spacial score (nSPS) is 13.9. The first-order valence-electron chi connectivity index (χ1n) is 7.91. The third-order valence-corrected chi connectivity index (χ3v) is 2.63. The summed E-state index contributed by atoms with van der Waals surface area (Å²) in [6.45, 7) is 18.2. The average Bonchev–Trinajstić information content (AvgIpc) is 2.11. The monoisotopic (exact) mass is 289 g/mol. The first-order valence-corrected chi connectivity index (χ1v) is 7.91. The predicted molar refractivity (Wildman–Crippen MR) is 88.9 cm³/mol. The molecule has 1 unspecified atom stereocenters. The van der Waals surface area contributed by atoms with Crippen molar-refractivity contribution in [1.29, 1.82) is 0 Å². The van der Waals surface area contributed by atoms with Crippen LogP contribution in [0.15, 0.2) is 0 Å². The number of nitrogens with two attached hydrogens (primary N) is 1. The highest BCUT2D eigenvalue weighted by molar-refractivity contribution is 4.74. The van der Waals surface area contributed by atoms with Crippen LogP contribution in [0.5, 0.6) is 0 Å². The molecular formula is C17H39NO2. The summed E-state index contributed by atoms with van der Waals surface area (Å²) in [7, 11) is 0. The van der Waals surface area contributed by atoms with Gasteiger partial charge in [0, 0.05) is 6.61 Å². The van der Waals surface area contributed by atoms with Crippen LogP contribution >= 0.6 is 0 Å². The van der Waals surface area contributed by atoms with Gasteiger partial charge in [-0.15, -0.1) is 0 Å². The molecular weight excluding hydrogens is 250 g/mol. The topological polar surface area (TPSA) is 55.5 Å². The molecule has 0 saturated carbocycles. The zero-order chi connectivity index (χ0) is 16.4. The fourth-order valence-corrected chi connectivity index (χ4v) is 2.12. The van der Waals surface area contributed by atoms with Crippen LogP contribution in [0.25, 0.3) is 0 Å². The van der Waals surface area contributed by atoms with Crippen LogP contribution in [0.2, 0.25) is 0 Å². The number of hydrogen-bond acceptors (Lipinski definition) is 3. The highest BCUT2D eigenvalue weighted by Gasteiger charge is 2.21. The largest absolute Gasteiger partial charge is 0.390 e. The Morgan fingerprint density at radius 3 is 1.75 bits per heavy atom. The third kappa shape index (κ3) is 23.0.